The van der Waals surface area contributed by atoms with Crippen molar-refractivity contribution >= 4 is 0 Å². The van der Waals surface area contributed by atoms with Gasteiger partial charge in [0.05, 0.1) is 6.61 Å². The zero-order valence-electron chi connectivity index (χ0n) is 6.91. The van der Waals surface area contributed by atoms with Gasteiger partial charge >= 0.3 is 0 Å². The summed E-state index contributed by atoms with van der Waals surface area (Å²) in [7, 11) is 1.57. The van der Waals surface area contributed by atoms with Crippen molar-refractivity contribution in [1.29, 1.82) is 0 Å². The zero-order chi connectivity index (χ0) is 8.48. The molecule has 1 fully saturated rings. The van der Waals surface area contributed by atoms with Crippen molar-refractivity contribution < 1.29 is 14.6 Å². The van der Waals surface area contributed by atoms with Crippen LogP contribution in [0.3, 0.4) is 0 Å². The van der Waals surface area contributed by atoms with Gasteiger partial charge in [0.2, 0.25) is 0 Å². The third-order valence-electron chi connectivity index (χ3n) is 2.21. The number of nitrogens with two attached hydrogens (primary N) is 1. The molecule has 1 aliphatic rings. The standard InChI is InChI=1S/C7H15NO3/c1-7(4-9)5(8)3-6(10-2)11-7/h5-6,9H,3-4,8H2,1-2H3. The van der Waals surface area contributed by atoms with Crippen LogP contribution in [0.25, 0.3) is 0 Å². The summed E-state index contributed by atoms with van der Waals surface area (Å²) in [4.78, 5) is 0. The molecule has 0 aliphatic carbocycles. The topological polar surface area (TPSA) is 64.7 Å². The molecule has 0 aromatic carbocycles. The minimum absolute atomic E-state index is 0.0615. The summed E-state index contributed by atoms with van der Waals surface area (Å²) in [5, 5.41) is 8.95. The van der Waals surface area contributed by atoms with E-state index >= 15 is 0 Å². The highest BCUT2D eigenvalue weighted by Crippen LogP contribution is 2.28. The van der Waals surface area contributed by atoms with E-state index in [1.807, 2.05) is 0 Å². The fraction of sp³-hybridized carbons (Fsp3) is 1.00. The fourth-order valence-electron chi connectivity index (χ4n) is 1.19. The first-order valence-corrected chi connectivity index (χ1v) is 3.69. The van der Waals surface area contributed by atoms with Crippen LogP contribution in [-0.2, 0) is 9.47 Å². The Labute approximate surface area is 66.3 Å². The molecule has 1 heterocycles. The first-order chi connectivity index (χ1) is 5.12. The molecule has 66 valence electrons. The van der Waals surface area contributed by atoms with Crippen LogP contribution in [-0.4, -0.2) is 36.8 Å². The number of aliphatic hydroxyl groups excluding tert-OH is 1. The molecule has 1 rings (SSSR count). The van der Waals surface area contributed by atoms with Gasteiger partial charge in [0.1, 0.15) is 5.60 Å². The molecule has 0 aromatic heterocycles. The molecule has 4 nitrogen and oxygen atoms in total. The minimum Gasteiger partial charge on any atom is -0.393 e. The minimum atomic E-state index is -0.624. The van der Waals surface area contributed by atoms with Crippen LogP contribution in [0.2, 0.25) is 0 Å². The predicted octanol–water partition coefficient (Wildman–Crippen LogP) is -0.542. The van der Waals surface area contributed by atoms with Gasteiger partial charge in [-0.15, -0.1) is 0 Å². The third-order valence-corrected chi connectivity index (χ3v) is 2.21. The average Bonchev–Trinajstić information content (AvgIpc) is 2.29. The van der Waals surface area contributed by atoms with Gasteiger partial charge < -0.3 is 20.3 Å². The molecular weight excluding hydrogens is 146 g/mol. The lowest BCUT2D eigenvalue weighted by Crippen LogP contribution is -2.45. The van der Waals surface area contributed by atoms with Crippen molar-refractivity contribution in [3.63, 3.8) is 0 Å². The van der Waals surface area contributed by atoms with E-state index in [1.54, 1.807) is 14.0 Å². The van der Waals surface area contributed by atoms with Crippen molar-refractivity contribution in [3.05, 3.63) is 0 Å². The van der Waals surface area contributed by atoms with E-state index in [4.69, 9.17) is 20.3 Å². The van der Waals surface area contributed by atoms with Gasteiger partial charge in [0.25, 0.3) is 0 Å². The fourth-order valence-corrected chi connectivity index (χ4v) is 1.19. The Morgan fingerprint density at radius 2 is 2.45 bits per heavy atom. The van der Waals surface area contributed by atoms with E-state index in [0.29, 0.717) is 6.42 Å². The number of methoxy groups -OCH3 is 1. The highest BCUT2D eigenvalue weighted by atomic mass is 16.7. The average molecular weight is 161 g/mol. The highest BCUT2D eigenvalue weighted by Gasteiger charge is 2.42. The summed E-state index contributed by atoms with van der Waals surface area (Å²) < 4.78 is 10.3. The summed E-state index contributed by atoms with van der Waals surface area (Å²) >= 11 is 0. The second-order valence-corrected chi connectivity index (χ2v) is 3.10. The second-order valence-electron chi connectivity index (χ2n) is 3.10. The number of hydrogen-bond acceptors (Lipinski definition) is 4. The first kappa shape index (κ1) is 8.93. The Bertz CT molecular complexity index is 142. The second kappa shape index (κ2) is 3.06. The van der Waals surface area contributed by atoms with E-state index in [9.17, 15) is 0 Å². The maximum atomic E-state index is 8.95. The molecule has 1 aliphatic heterocycles. The van der Waals surface area contributed by atoms with E-state index in [1.165, 1.54) is 0 Å². The molecule has 3 atom stereocenters. The maximum absolute atomic E-state index is 8.95. The van der Waals surface area contributed by atoms with Crippen molar-refractivity contribution in [2.45, 2.75) is 31.3 Å². The van der Waals surface area contributed by atoms with Crippen LogP contribution in [0.5, 0.6) is 0 Å². The summed E-state index contributed by atoms with van der Waals surface area (Å²) in [6.07, 6.45) is 0.384. The molecule has 0 radical (unpaired) electrons. The van der Waals surface area contributed by atoms with Gasteiger partial charge in [-0.05, 0) is 6.92 Å². The van der Waals surface area contributed by atoms with Crippen LogP contribution in [0.1, 0.15) is 13.3 Å². The van der Waals surface area contributed by atoms with Gasteiger partial charge in [0.15, 0.2) is 6.29 Å². The van der Waals surface area contributed by atoms with Crippen molar-refractivity contribution in [1.82, 2.24) is 0 Å². The molecule has 0 bridgehead atoms. The van der Waals surface area contributed by atoms with Crippen LogP contribution in [0, 0.1) is 0 Å². The first-order valence-electron chi connectivity index (χ1n) is 3.69. The van der Waals surface area contributed by atoms with Crippen LogP contribution in [0.15, 0.2) is 0 Å². The van der Waals surface area contributed by atoms with E-state index in [0.717, 1.165) is 0 Å². The van der Waals surface area contributed by atoms with Crippen LogP contribution < -0.4 is 5.73 Å². The Hall–Kier alpha value is -0.160. The van der Waals surface area contributed by atoms with Crippen molar-refractivity contribution in [2.24, 2.45) is 5.73 Å². The largest absolute Gasteiger partial charge is 0.393 e. The molecule has 0 spiro atoms. The Morgan fingerprint density at radius 1 is 1.82 bits per heavy atom. The summed E-state index contributed by atoms with van der Waals surface area (Å²) in [5.74, 6) is 0. The smallest absolute Gasteiger partial charge is 0.159 e. The predicted molar refractivity (Wildman–Crippen MR) is 40.0 cm³/mol. The third kappa shape index (κ3) is 1.54. The number of aliphatic hydroxyl groups is 1. The maximum Gasteiger partial charge on any atom is 0.159 e. The van der Waals surface area contributed by atoms with Gasteiger partial charge in [-0.1, -0.05) is 0 Å². The molecule has 11 heavy (non-hydrogen) atoms. The molecular formula is C7H15NO3. The zero-order valence-corrected chi connectivity index (χ0v) is 6.91. The number of ether oxygens (including phenoxy) is 2. The Kier molecular flexibility index (Phi) is 2.49. The molecule has 0 saturated carbocycles. The van der Waals surface area contributed by atoms with Crippen LogP contribution in [0.4, 0.5) is 0 Å². The molecule has 0 amide bonds. The normalized spacial score (nSPS) is 44.7. The quantitative estimate of drug-likeness (QED) is 0.570. The lowest BCUT2D eigenvalue weighted by atomic mass is 9.99. The number of rotatable bonds is 2. The molecule has 3 N–H and O–H groups in total. The van der Waals surface area contributed by atoms with E-state index in [2.05, 4.69) is 0 Å². The van der Waals surface area contributed by atoms with Crippen molar-refractivity contribution in [2.75, 3.05) is 13.7 Å². The molecule has 1 saturated heterocycles. The lowest BCUT2D eigenvalue weighted by Gasteiger charge is -2.25. The molecule has 3 unspecified atom stereocenters. The van der Waals surface area contributed by atoms with Gasteiger partial charge in [0, 0.05) is 19.6 Å². The molecule has 4 heteroatoms. The van der Waals surface area contributed by atoms with Crippen molar-refractivity contribution in [3.8, 4) is 0 Å². The SMILES string of the molecule is COC1CC(N)C(C)(CO)O1. The Balaban J connectivity index is 2.57. The van der Waals surface area contributed by atoms with E-state index < -0.39 is 5.60 Å². The van der Waals surface area contributed by atoms with Gasteiger partial charge in [-0.25, -0.2) is 0 Å². The monoisotopic (exact) mass is 161 g/mol. The molecule has 0 aromatic rings. The van der Waals surface area contributed by atoms with Gasteiger partial charge in [-0.2, -0.15) is 0 Å². The highest BCUT2D eigenvalue weighted by molar-refractivity contribution is 4.93. The van der Waals surface area contributed by atoms with Gasteiger partial charge in [-0.3, -0.25) is 0 Å². The summed E-state index contributed by atoms with van der Waals surface area (Å²) in [5.41, 5.74) is 5.10. The number of hydrogen-bond donors (Lipinski definition) is 2. The summed E-state index contributed by atoms with van der Waals surface area (Å²) in [6.45, 7) is 1.73. The van der Waals surface area contributed by atoms with Crippen LogP contribution >= 0.6 is 0 Å². The van der Waals surface area contributed by atoms with E-state index in [-0.39, 0.29) is 18.9 Å². The Morgan fingerprint density at radius 3 is 2.73 bits per heavy atom. The summed E-state index contributed by atoms with van der Waals surface area (Å²) in [6, 6.07) is -0.141. The lowest BCUT2D eigenvalue weighted by molar-refractivity contribution is -0.161.